The number of aromatic nitrogens is 3. The molecule has 7 nitrogen and oxygen atoms in total. The van der Waals surface area contributed by atoms with Gasteiger partial charge in [0.2, 0.25) is 5.91 Å². The minimum absolute atomic E-state index is 0.0840. The van der Waals surface area contributed by atoms with Crippen LogP contribution >= 0.6 is 0 Å². The minimum atomic E-state index is -4.66. The van der Waals surface area contributed by atoms with E-state index in [-0.39, 0.29) is 29.4 Å². The van der Waals surface area contributed by atoms with Crippen molar-refractivity contribution in [3.05, 3.63) is 60.2 Å². The molecule has 0 saturated carbocycles. The highest BCUT2D eigenvalue weighted by molar-refractivity contribution is 5.95. The molecule has 33 heavy (non-hydrogen) atoms. The van der Waals surface area contributed by atoms with E-state index in [1.165, 1.54) is 6.33 Å². The second-order valence-corrected chi connectivity index (χ2v) is 6.61. The molecule has 0 spiro atoms. The Bertz CT molecular complexity index is 1110. The van der Waals surface area contributed by atoms with Crippen LogP contribution in [0.5, 0.6) is 5.75 Å². The van der Waals surface area contributed by atoms with Crippen molar-refractivity contribution in [1.29, 1.82) is 0 Å². The number of carbonyl (C=O) groups excluding carboxylic acids is 1. The van der Waals surface area contributed by atoms with E-state index in [9.17, 15) is 31.1 Å². The Morgan fingerprint density at radius 2 is 1.64 bits per heavy atom. The van der Waals surface area contributed by atoms with Crippen LogP contribution in [0.3, 0.4) is 0 Å². The van der Waals surface area contributed by atoms with E-state index in [4.69, 9.17) is 4.74 Å². The Morgan fingerprint density at radius 3 is 2.21 bits per heavy atom. The van der Waals surface area contributed by atoms with Crippen LogP contribution in [0.4, 0.5) is 37.7 Å². The van der Waals surface area contributed by atoms with Gasteiger partial charge in [-0.2, -0.15) is 31.4 Å². The molecule has 1 heterocycles. The van der Waals surface area contributed by atoms with Gasteiger partial charge in [0.15, 0.2) is 0 Å². The van der Waals surface area contributed by atoms with Crippen LogP contribution in [-0.4, -0.2) is 33.8 Å². The lowest BCUT2D eigenvalue weighted by Gasteiger charge is -2.17. The van der Waals surface area contributed by atoms with Crippen molar-refractivity contribution in [2.75, 3.05) is 23.8 Å². The summed E-state index contributed by atoms with van der Waals surface area (Å²) in [6.07, 6.45) is -6.89. The van der Waals surface area contributed by atoms with Gasteiger partial charge in [0.25, 0.3) is 0 Å². The average Bonchev–Trinajstić information content (AvgIpc) is 3.26. The van der Waals surface area contributed by atoms with Crippen LogP contribution in [0.2, 0.25) is 0 Å². The molecule has 0 aliphatic heterocycles. The van der Waals surface area contributed by atoms with Gasteiger partial charge >= 0.3 is 12.4 Å². The molecule has 176 valence electrons. The predicted octanol–water partition coefficient (Wildman–Crippen LogP) is 4.75. The second kappa shape index (κ2) is 9.38. The fourth-order valence-electron chi connectivity index (χ4n) is 2.84. The van der Waals surface area contributed by atoms with E-state index in [1.54, 1.807) is 6.92 Å². The van der Waals surface area contributed by atoms with Crippen molar-refractivity contribution >= 4 is 17.3 Å². The van der Waals surface area contributed by atoms with E-state index in [0.29, 0.717) is 0 Å². The van der Waals surface area contributed by atoms with Crippen LogP contribution in [0.15, 0.2) is 49.1 Å². The van der Waals surface area contributed by atoms with Crippen molar-refractivity contribution in [3.8, 4) is 11.4 Å². The molecule has 0 radical (unpaired) electrons. The first-order valence-corrected chi connectivity index (χ1v) is 9.43. The summed E-state index contributed by atoms with van der Waals surface area (Å²) in [5.41, 5.74) is -2.16. The van der Waals surface area contributed by atoms with Crippen molar-refractivity contribution in [3.63, 3.8) is 0 Å². The molecular weight excluding hydrogens is 456 g/mol. The van der Waals surface area contributed by atoms with Gasteiger partial charge in [-0.05, 0) is 43.3 Å². The maximum atomic E-state index is 13.1. The third-order valence-corrected chi connectivity index (χ3v) is 4.31. The van der Waals surface area contributed by atoms with Crippen molar-refractivity contribution < 1.29 is 35.9 Å². The summed E-state index contributed by atoms with van der Waals surface area (Å²) < 4.78 is 84.9. The third-order valence-electron chi connectivity index (χ3n) is 4.31. The summed E-state index contributed by atoms with van der Waals surface area (Å²) in [5.74, 6) is -0.726. The number of ether oxygens (including phenoxy) is 1. The molecule has 3 aromatic rings. The van der Waals surface area contributed by atoms with Crippen LogP contribution in [0.1, 0.15) is 18.1 Å². The lowest BCUT2D eigenvalue weighted by atomic mass is 10.1. The Kier molecular flexibility index (Phi) is 6.79. The number of hydrogen-bond donors (Lipinski definition) is 2. The maximum Gasteiger partial charge on any atom is 0.416 e. The van der Waals surface area contributed by atoms with Gasteiger partial charge in [0, 0.05) is 0 Å². The van der Waals surface area contributed by atoms with E-state index in [2.05, 4.69) is 20.7 Å². The summed E-state index contributed by atoms with van der Waals surface area (Å²) in [6.45, 7) is 1.25. The second-order valence-electron chi connectivity index (χ2n) is 6.61. The smallest absolute Gasteiger partial charge is 0.416 e. The average molecular weight is 473 g/mol. The number of anilines is 2. The van der Waals surface area contributed by atoms with Gasteiger partial charge in [0.1, 0.15) is 18.4 Å². The highest BCUT2D eigenvalue weighted by Crippen LogP contribution is 2.35. The van der Waals surface area contributed by atoms with Crippen LogP contribution in [0.25, 0.3) is 5.69 Å². The van der Waals surface area contributed by atoms with Gasteiger partial charge in [-0.3, -0.25) is 4.79 Å². The van der Waals surface area contributed by atoms with Crippen molar-refractivity contribution in [2.45, 2.75) is 19.3 Å². The topological polar surface area (TPSA) is 81.1 Å². The normalized spacial score (nSPS) is 11.8. The number of hydrogen-bond acceptors (Lipinski definition) is 5. The molecule has 1 amide bonds. The molecule has 0 atom stereocenters. The number of amides is 1. The Labute approximate surface area is 183 Å². The highest BCUT2D eigenvalue weighted by atomic mass is 19.4. The fraction of sp³-hybridized carbons (Fsp3) is 0.250. The Morgan fingerprint density at radius 1 is 1.00 bits per heavy atom. The SMILES string of the molecule is CCOc1ccc(C(F)(F)F)cc1NCC(=O)Nc1cc(C(F)(F)F)ccc1-n1cncn1. The van der Waals surface area contributed by atoms with Crippen molar-refractivity contribution in [1.82, 2.24) is 14.8 Å². The molecule has 2 aromatic carbocycles. The summed E-state index contributed by atoms with van der Waals surface area (Å²) in [4.78, 5) is 16.2. The lowest BCUT2D eigenvalue weighted by molar-refractivity contribution is -0.138. The van der Waals surface area contributed by atoms with Crippen LogP contribution < -0.4 is 15.4 Å². The van der Waals surface area contributed by atoms with E-state index in [1.807, 2.05) is 0 Å². The summed E-state index contributed by atoms with van der Waals surface area (Å²) >= 11 is 0. The molecule has 13 heteroatoms. The summed E-state index contributed by atoms with van der Waals surface area (Å²) in [7, 11) is 0. The number of alkyl halides is 6. The molecule has 2 N–H and O–H groups in total. The number of benzene rings is 2. The van der Waals surface area contributed by atoms with Gasteiger partial charge in [-0.15, -0.1) is 0 Å². The van der Waals surface area contributed by atoms with Gasteiger partial charge < -0.3 is 15.4 Å². The fourth-order valence-corrected chi connectivity index (χ4v) is 2.84. The first-order chi connectivity index (χ1) is 15.5. The maximum absolute atomic E-state index is 13.1. The quantitative estimate of drug-likeness (QED) is 0.484. The Hall–Kier alpha value is -3.77. The van der Waals surface area contributed by atoms with E-state index < -0.39 is 35.9 Å². The predicted molar refractivity (Wildman–Crippen MR) is 106 cm³/mol. The minimum Gasteiger partial charge on any atom is -0.492 e. The number of nitrogens with one attached hydrogen (secondary N) is 2. The Balaban J connectivity index is 1.83. The zero-order valence-corrected chi connectivity index (χ0v) is 17.0. The zero-order chi connectivity index (χ0) is 24.2. The molecular formula is C20H17F6N5O2. The monoisotopic (exact) mass is 473 g/mol. The van der Waals surface area contributed by atoms with Gasteiger partial charge in [0.05, 0.1) is 41.3 Å². The molecule has 0 aliphatic carbocycles. The molecule has 0 unspecified atom stereocenters. The first-order valence-electron chi connectivity index (χ1n) is 9.43. The third kappa shape index (κ3) is 5.93. The zero-order valence-electron chi connectivity index (χ0n) is 17.0. The molecule has 0 fully saturated rings. The highest BCUT2D eigenvalue weighted by Gasteiger charge is 2.32. The first kappa shape index (κ1) is 23.9. The molecule has 3 rings (SSSR count). The number of rotatable bonds is 7. The van der Waals surface area contributed by atoms with Gasteiger partial charge in [-0.25, -0.2) is 9.67 Å². The number of halogens is 6. The largest absolute Gasteiger partial charge is 0.492 e. The number of carbonyl (C=O) groups is 1. The molecule has 0 aliphatic rings. The summed E-state index contributed by atoms with van der Waals surface area (Å²) in [5, 5.41) is 8.70. The van der Waals surface area contributed by atoms with E-state index >= 15 is 0 Å². The molecule has 1 aromatic heterocycles. The van der Waals surface area contributed by atoms with Crippen LogP contribution in [-0.2, 0) is 17.1 Å². The summed E-state index contributed by atoms with van der Waals surface area (Å²) in [6, 6.07) is 5.39. The molecule has 0 saturated heterocycles. The van der Waals surface area contributed by atoms with Crippen LogP contribution in [0, 0.1) is 0 Å². The molecule has 0 bridgehead atoms. The van der Waals surface area contributed by atoms with Gasteiger partial charge in [-0.1, -0.05) is 0 Å². The van der Waals surface area contributed by atoms with E-state index in [0.717, 1.165) is 47.4 Å². The number of nitrogens with zero attached hydrogens (tertiary/aromatic N) is 3. The standard InChI is InChI=1S/C20H17F6N5O2/c1-2-33-17-6-4-13(20(24,25)26)8-15(17)28-9-18(32)30-14-7-12(19(21,22)23)3-5-16(14)31-11-27-10-29-31/h3-8,10-11,28H,2,9H2,1H3,(H,30,32). The van der Waals surface area contributed by atoms with Crippen molar-refractivity contribution in [2.24, 2.45) is 0 Å². The lowest BCUT2D eigenvalue weighted by Crippen LogP contribution is -2.23.